The molecule has 0 amide bonds. The highest BCUT2D eigenvalue weighted by atomic mass is 16.4. The molecule has 1 aliphatic rings. The maximum Gasteiger partial charge on any atom is 0.307 e. The van der Waals surface area contributed by atoms with E-state index in [1.807, 2.05) is 6.92 Å². The van der Waals surface area contributed by atoms with E-state index in [1.54, 1.807) is 6.92 Å². The number of aliphatic carboxylic acids is 1. The van der Waals surface area contributed by atoms with E-state index in [4.69, 9.17) is 5.11 Å². The molecule has 0 saturated heterocycles. The Morgan fingerprint density at radius 1 is 1.36 bits per heavy atom. The van der Waals surface area contributed by atoms with Crippen molar-refractivity contribution in [2.75, 3.05) is 0 Å². The average Bonchev–Trinajstić information content (AvgIpc) is 1.98. The Morgan fingerprint density at radius 3 is 2.29 bits per heavy atom. The number of rotatable bonds is 5. The zero-order valence-corrected chi connectivity index (χ0v) is 9.29. The first kappa shape index (κ1) is 11.5. The van der Waals surface area contributed by atoms with Crippen LogP contribution in [0.2, 0.25) is 0 Å². The molecule has 3 nitrogen and oxygen atoms in total. The lowest BCUT2D eigenvalue weighted by atomic mass is 9.80. The van der Waals surface area contributed by atoms with Crippen LogP contribution in [0.3, 0.4) is 0 Å². The largest absolute Gasteiger partial charge is 0.481 e. The van der Waals surface area contributed by atoms with Crippen molar-refractivity contribution in [2.24, 2.45) is 11.8 Å². The van der Waals surface area contributed by atoms with Gasteiger partial charge >= 0.3 is 5.97 Å². The minimum Gasteiger partial charge on any atom is -0.481 e. The second-order valence-corrected chi connectivity index (χ2v) is 4.56. The first-order chi connectivity index (χ1) is 6.52. The predicted molar refractivity (Wildman–Crippen MR) is 56.2 cm³/mol. The first-order valence-electron chi connectivity index (χ1n) is 5.51. The Kier molecular flexibility index (Phi) is 3.93. The molecule has 3 atom stereocenters. The highest BCUT2D eigenvalue weighted by molar-refractivity contribution is 5.70. The highest BCUT2D eigenvalue weighted by Crippen LogP contribution is 2.29. The minimum atomic E-state index is -0.717. The number of nitrogens with one attached hydrogen (secondary N) is 1. The van der Waals surface area contributed by atoms with Crippen molar-refractivity contribution in [1.82, 2.24) is 5.32 Å². The summed E-state index contributed by atoms with van der Waals surface area (Å²) in [6.07, 6.45) is 3.92. The molecule has 1 rings (SSSR count). The van der Waals surface area contributed by atoms with Crippen LogP contribution in [-0.4, -0.2) is 23.2 Å². The van der Waals surface area contributed by atoms with Crippen LogP contribution in [0.5, 0.6) is 0 Å². The van der Waals surface area contributed by atoms with Gasteiger partial charge in [0.05, 0.1) is 5.92 Å². The number of carbonyl (C=O) groups is 1. The van der Waals surface area contributed by atoms with Gasteiger partial charge in [-0.3, -0.25) is 4.79 Å². The fourth-order valence-corrected chi connectivity index (χ4v) is 1.85. The van der Waals surface area contributed by atoms with Gasteiger partial charge in [0.1, 0.15) is 0 Å². The second kappa shape index (κ2) is 4.78. The SMILES string of the molecule is CC(NC(C)C(C)C(=O)O)C1CCC1. The second-order valence-electron chi connectivity index (χ2n) is 4.56. The lowest BCUT2D eigenvalue weighted by Gasteiger charge is -2.34. The molecule has 0 aliphatic heterocycles. The summed E-state index contributed by atoms with van der Waals surface area (Å²) in [4.78, 5) is 10.7. The zero-order valence-electron chi connectivity index (χ0n) is 9.29. The zero-order chi connectivity index (χ0) is 10.7. The lowest BCUT2D eigenvalue weighted by molar-refractivity contribution is -0.142. The molecule has 3 unspecified atom stereocenters. The molecule has 14 heavy (non-hydrogen) atoms. The Labute approximate surface area is 85.9 Å². The van der Waals surface area contributed by atoms with Gasteiger partial charge in [0.25, 0.3) is 0 Å². The van der Waals surface area contributed by atoms with Crippen molar-refractivity contribution in [3.05, 3.63) is 0 Å². The molecule has 1 saturated carbocycles. The molecule has 0 aromatic heterocycles. The fraction of sp³-hybridized carbons (Fsp3) is 0.909. The molecule has 0 aromatic carbocycles. The summed E-state index contributed by atoms with van der Waals surface area (Å²) in [5, 5.41) is 12.2. The number of hydrogen-bond donors (Lipinski definition) is 2. The third-order valence-corrected chi connectivity index (χ3v) is 3.52. The molecule has 82 valence electrons. The summed E-state index contributed by atoms with van der Waals surface area (Å²) in [6.45, 7) is 5.87. The number of hydrogen-bond acceptors (Lipinski definition) is 2. The Morgan fingerprint density at radius 2 is 1.93 bits per heavy atom. The molecule has 0 spiro atoms. The number of carboxylic acid groups (broad SMARTS) is 1. The van der Waals surface area contributed by atoms with Crippen molar-refractivity contribution in [2.45, 2.75) is 52.1 Å². The Hall–Kier alpha value is -0.570. The summed E-state index contributed by atoms with van der Waals surface area (Å²) in [5.74, 6) is -0.262. The van der Waals surface area contributed by atoms with Crippen molar-refractivity contribution < 1.29 is 9.90 Å². The van der Waals surface area contributed by atoms with E-state index in [0.717, 1.165) is 5.92 Å². The summed E-state index contributed by atoms with van der Waals surface area (Å²) < 4.78 is 0. The molecular weight excluding hydrogens is 178 g/mol. The molecule has 1 fully saturated rings. The van der Waals surface area contributed by atoms with Gasteiger partial charge < -0.3 is 10.4 Å². The van der Waals surface area contributed by atoms with Crippen molar-refractivity contribution in [3.8, 4) is 0 Å². The first-order valence-corrected chi connectivity index (χ1v) is 5.51. The molecule has 2 N–H and O–H groups in total. The maximum atomic E-state index is 10.7. The molecule has 0 bridgehead atoms. The van der Waals surface area contributed by atoms with E-state index in [1.165, 1.54) is 19.3 Å². The molecule has 0 heterocycles. The van der Waals surface area contributed by atoms with Crippen LogP contribution >= 0.6 is 0 Å². The normalized spacial score (nSPS) is 23.6. The summed E-state index contributed by atoms with van der Waals surface area (Å²) in [6, 6.07) is 0.517. The Bertz CT molecular complexity index is 201. The molecule has 1 aliphatic carbocycles. The van der Waals surface area contributed by atoms with Gasteiger partial charge in [-0.2, -0.15) is 0 Å². The average molecular weight is 199 g/mol. The van der Waals surface area contributed by atoms with Gasteiger partial charge in [0.2, 0.25) is 0 Å². The van der Waals surface area contributed by atoms with Gasteiger partial charge in [-0.25, -0.2) is 0 Å². The standard InChI is InChI=1S/C11H21NO2/c1-7(11(13)14)8(2)12-9(3)10-5-4-6-10/h7-10,12H,4-6H2,1-3H3,(H,13,14). The van der Waals surface area contributed by atoms with E-state index < -0.39 is 5.97 Å². The summed E-state index contributed by atoms with van der Waals surface area (Å²) >= 11 is 0. The molecular formula is C11H21NO2. The van der Waals surface area contributed by atoms with Crippen LogP contribution in [0.1, 0.15) is 40.0 Å². The third-order valence-electron chi connectivity index (χ3n) is 3.52. The topological polar surface area (TPSA) is 49.3 Å². The lowest BCUT2D eigenvalue weighted by Crippen LogP contribution is -2.46. The van der Waals surface area contributed by atoms with Gasteiger partial charge in [-0.1, -0.05) is 13.3 Å². The van der Waals surface area contributed by atoms with Gasteiger partial charge in [0, 0.05) is 12.1 Å². The van der Waals surface area contributed by atoms with Gasteiger partial charge in [-0.05, 0) is 32.6 Å². The van der Waals surface area contributed by atoms with E-state index in [0.29, 0.717) is 6.04 Å². The quantitative estimate of drug-likeness (QED) is 0.710. The van der Waals surface area contributed by atoms with E-state index in [2.05, 4.69) is 12.2 Å². The van der Waals surface area contributed by atoms with Gasteiger partial charge in [0.15, 0.2) is 0 Å². The van der Waals surface area contributed by atoms with Crippen LogP contribution in [0.4, 0.5) is 0 Å². The van der Waals surface area contributed by atoms with Crippen molar-refractivity contribution in [3.63, 3.8) is 0 Å². The molecule has 3 heteroatoms. The third kappa shape index (κ3) is 2.71. The summed E-state index contributed by atoms with van der Waals surface area (Å²) in [7, 11) is 0. The summed E-state index contributed by atoms with van der Waals surface area (Å²) in [5.41, 5.74) is 0. The predicted octanol–water partition coefficient (Wildman–Crippen LogP) is 1.87. The maximum absolute atomic E-state index is 10.7. The van der Waals surface area contributed by atoms with Crippen LogP contribution in [0.15, 0.2) is 0 Å². The van der Waals surface area contributed by atoms with Crippen molar-refractivity contribution >= 4 is 5.97 Å². The molecule has 0 radical (unpaired) electrons. The van der Waals surface area contributed by atoms with Crippen LogP contribution in [0, 0.1) is 11.8 Å². The minimum absolute atomic E-state index is 0.0584. The Balaban J connectivity index is 2.31. The van der Waals surface area contributed by atoms with E-state index in [-0.39, 0.29) is 12.0 Å². The van der Waals surface area contributed by atoms with Gasteiger partial charge in [-0.15, -0.1) is 0 Å². The van der Waals surface area contributed by atoms with E-state index >= 15 is 0 Å². The van der Waals surface area contributed by atoms with Crippen LogP contribution in [0.25, 0.3) is 0 Å². The van der Waals surface area contributed by atoms with Crippen molar-refractivity contribution in [1.29, 1.82) is 0 Å². The fourth-order valence-electron chi connectivity index (χ4n) is 1.85. The van der Waals surface area contributed by atoms with Crippen LogP contribution < -0.4 is 5.32 Å². The smallest absolute Gasteiger partial charge is 0.307 e. The van der Waals surface area contributed by atoms with E-state index in [9.17, 15) is 4.79 Å². The number of carboxylic acids is 1. The molecule has 0 aromatic rings. The van der Waals surface area contributed by atoms with Crippen LogP contribution in [-0.2, 0) is 4.79 Å². The highest BCUT2D eigenvalue weighted by Gasteiger charge is 2.27. The monoisotopic (exact) mass is 199 g/mol.